The molecule has 0 aromatic carbocycles. The van der Waals surface area contributed by atoms with Crippen LogP contribution in [0.5, 0.6) is 0 Å². The average molecular weight is 501 g/mol. The minimum absolute atomic E-state index is 0. The molecule has 0 amide bonds. The first-order valence-corrected chi connectivity index (χ1v) is 13.9. The van der Waals surface area contributed by atoms with Gasteiger partial charge in [-0.05, 0) is 76.5 Å². The molecule has 0 aliphatic heterocycles. The zero-order valence-corrected chi connectivity index (χ0v) is 23.1. The fourth-order valence-electron chi connectivity index (χ4n) is 7.34. The lowest BCUT2D eigenvalue weighted by Gasteiger charge is -2.58. The monoisotopic (exact) mass is 499 g/mol. The maximum absolute atomic E-state index is 6.95. The number of hydrogen-bond donors (Lipinski definition) is 0. The molecule has 4 saturated carbocycles. The van der Waals surface area contributed by atoms with E-state index in [1.807, 2.05) is 0 Å². The van der Waals surface area contributed by atoms with Crippen LogP contribution in [0.1, 0.15) is 143 Å². The zero-order chi connectivity index (χ0) is 21.5. The Labute approximate surface area is 205 Å². The van der Waals surface area contributed by atoms with Gasteiger partial charge in [0, 0.05) is 12.1 Å². The molecule has 31 heavy (non-hydrogen) atoms. The van der Waals surface area contributed by atoms with Crippen molar-refractivity contribution in [3.63, 3.8) is 0 Å². The van der Waals surface area contributed by atoms with Crippen LogP contribution in [0.2, 0.25) is 0 Å². The van der Waals surface area contributed by atoms with E-state index < -0.39 is 0 Å². The van der Waals surface area contributed by atoms with Gasteiger partial charge in [0.25, 0.3) is 0 Å². The lowest BCUT2D eigenvalue weighted by atomic mass is 9.54. The molecule has 0 aromatic heterocycles. The normalized spacial score (nSPS) is 29.5. The molecule has 4 bridgehead atoms. The summed E-state index contributed by atoms with van der Waals surface area (Å²) in [5.41, 5.74) is 0.358. The van der Waals surface area contributed by atoms with Gasteiger partial charge in [-0.25, -0.2) is 0 Å². The van der Waals surface area contributed by atoms with Crippen molar-refractivity contribution >= 4 is 17.0 Å². The van der Waals surface area contributed by atoms with E-state index in [1.165, 1.54) is 116 Å². The van der Waals surface area contributed by atoms with Gasteiger partial charge in [-0.15, -0.1) is 17.0 Å². The highest BCUT2D eigenvalue weighted by Gasteiger charge is 2.53. The second-order valence-electron chi connectivity index (χ2n) is 12.0. The van der Waals surface area contributed by atoms with Gasteiger partial charge >= 0.3 is 0 Å². The molecule has 4 fully saturated rings. The second kappa shape index (κ2) is 13.3. The Balaban J connectivity index is 0.00000341. The molecule has 3 heteroatoms. The standard InChI is InChI=1S/C28H53NO.BrH/c1-5-7-8-9-10-11-12-13-14-15-16-17-27(3,4)29(6-2)30-28-21-24-18-25(22-28)20-26(19-24)23-28;/h24-26H,5-23H2,1-4H3;1H. The van der Waals surface area contributed by atoms with Gasteiger partial charge in [-0.1, -0.05) is 84.5 Å². The first kappa shape index (κ1) is 27.6. The van der Waals surface area contributed by atoms with Crippen LogP contribution >= 0.6 is 17.0 Å². The van der Waals surface area contributed by atoms with E-state index >= 15 is 0 Å². The summed E-state index contributed by atoms with van der Waals surface area (Å²) in [5, 5.41) is 2.40. The molecule has 4 aliphatic carbocycles. The molecule has 0 N–H and O–H groups in total. The molecule has 4 rings (SSSR count). The summed E-state index contributed by atoms with van der Waals surface area (Å²) in [5.74, 6) is 2.89. The second-order valence-corrected chi connectivity index (χ2v) is 12.0. The third-order valence-corrected chi connectivity index (χ3v) is 8.64. The molecule has 184 valence electrons. The molecule has 0 radical (unpaired) electrons. The smallest absolute Gasteiger partial charge is 0.0907 e. The Bertz CT molecular complexity index is 456. The van der Waals surface area contributed by atoms with E-state index in [2.05, 4.69) is 32.8 Å². The van der Waals surface area contributed by atoms with Gasteiger partial charge in [0.1, 0.15) is 0 Å². The van der Waals surface area contributed by atoms with Crippen LogP contribution in [0.3, 0.4) is 0 Å². The van der Waals surface area contributed by atoms with Gasteiger partial charge in [-0.3, -0.25) is 4.84 Å². The van der Waals surface area contributed by atoms with Crippen LogP contribution in [-0.2, 0) is 4.84 Å². The van der Waals surface area contributed by atoms with Crippen molar-refractivity contribution in [1.82, 2.24) is 5.06 Å². The lowest BCUT2D eigenvalue weighted by Crippen LogP contribution is -2.57. The largest absolute Gasteiger partial charge is 0.292 e. The highest BCUT2D eigenvalue weighted by Crippen LogP contribution is 2.57. The number of nitrogens with zero attached hydrogens (tertiary/aromatic N) is 1. The molecule has 0 heterocycles. The average Bonchev–Trinajstić information content (AvgIpc) is 2.69. The summed E-state index contributed by atoms with van der Waals surface area (Å²) < 4.78 is 0. The van der Waals surface area contributed by atoms with E-state index in [0.717, 1.165) is 24.3 Å². The Morgan fingerprint density at radius 1 is 0.710 bits per heavy atom. The van der Waals surface area contributed by atoms with Gasteiger partial charge in [0.15, 0.2) is 0 Å². The first-order chi connectivity index (χ1) is 14.5. The van der Waals surface area contributed by atoms with Crippen LogP contribution < -0.4 is 0 Å². The number of rotatable bonds is 16. The maximum atomic E-state index is 6.95. The van der Waals surface area contributed by atoms with Crippen molar-refractivity contribution in [3.05, 3.63) is 0 Å². The van der Waals surface area contributed by atoms with E-state index in [0.29, 0.717) is 0 Å². The molecule has 0 saturated heterocycles. The number of hydrogen-bond acceptors (Lipinski definition) is 2. The summed E-state index contributed by atoms with van der Waals surface area (Å²) in [7, 11) is 0. The summed E-state index contributed by atoms with van der Waals surface area (Å²) in [6, 6.07) is 0. The van der Waals surface area contributed by atoms with Crippen molar-refractivity contribution in [3.8, 4) is 0 Å². The Kier molecular flexibility index (Phi) is 11.9. The summed E-state index contributed by atoms with van der Waals surface area (Å²) in [6.07, 6.45) is 25.4. The minimum atomic E-state index is 0. The van der Waals surface area contributed by atoms with Gasteiger partial charge in [0.2, 0.25) is 0 Å². The first-order valence-electron chi connectivity index (χ1n) is 13.9. The van der Waals surface area contributed by atoms with Crippen LogP contribution in [0.25, 0.3) is 0 Å². The Morgan fingerprint density at radius 3 is 1.55 bits per heavy atom. The lowest BCUT2D eigenvalue weighted by molar-refractivity contribution is -0.320. The van der Waals surface area contributed by atoms with E-state index in [1.54, 1.807) is 0 Å². The fourth-order valence-corrected chi connectivity index (χ4v) is 7.34. The molecular weight excluding hydrogens is 446 g/mol. The Hall–Kier alpha value is 0.400. The predicted octanol–water partition coefficient (Wildman–Crippen LogP) is 9.27. The maximum Gasteiger partial charge on any atom is 0.0907 e. The van der Waals surface area contributed by atoms with Crippen molar-refractivity contribution in [2.45, 2.75) is 154 Å². The predicted molar refractivity (Wildman–Crippen MR) is 140 cm³/mol. The quantitative estimate of drug-likeness (QED) is 0.155. The number of unbranched alkanes of at least 4 members (excludes halogenated alkanes) is 10. The minimum Gasteiger partial charge on any atom is -0.292 e. The SMILES string of the molecule is Br.CCCCCCCCCCCCCC(C)(C)N(CC)OC12CC3CC(CC(C3)C1)C2. The third kappa shape index (κ3) is 8.29. The number of hydroxylamine groups is 2. The summed E-state index contributed by atoms with van der Waals surface area (Å²) >= 11 is 0. The highest BCUT2D eigenvalue weighted by molar-refractivity contribution is 8.93. The molecule has 0 atom stereocenters. The van der Waals surface area contributed by atoms with Crippen molar-refractivity contribution in [2.75, 3.05) is 6.54 Å². The van der Waals surface area contributed by atoms with Crippen LogP contribution in [0.4, 0.5) is 0 Å². The fraction of sp³-hybridized carbons (Fsp3) is 1.00. The van der Waals surface area contributed by atoms with E-state index in [-0.39, 0.29) is 28.1 Å². The third-order valence-electron chi connectivity index (χ3n) is 8.64. The molecule has 2 nitrogen and oxygen atoms in total. The molecule has 0 aromatic rings. The van der Waals surface area contributed by atoms with E-state index in [4.69, 9.17) is 4.84 Å². The van der Waals surface area contributed by atoms with Gasteiger partial charge < -0.3 is 0 Å². The molecule has 0 unspecified atom stereocenters. The topological polar surface area (TPSA) is 12.5 Å². The van der Waals surface area contributed by atoms with Gasteiger partial charge in [0.05, 0.1) is 5.60 Å². The van der Waals surface area contributed by atoms with Crippen LogP contribution in [0, 0.1) is 17.8 Å². The van der Waals surface area contributed by atoms with Crippen LogP contribution in [0.15, 0.2) is 0 Å². The summed E-state index contributed by atoms with van der Waals surface area (Å²) in [6.45, 7) is 10.5. The summed E-state index contributed by atoms with van der Waals surface area (Å²) in [4.78, 5) is 6.95. The molecular formula is C28H54BrNO. The van der Waals surface area contributed by atoms with Crippen molar-refractivity contribution < 1.29 is 4.84 Å². The van der Waals surface area contributed by atoms with Crippen molar-refractivity contribution in [1.29, 1.82) is 0 Å². The highest BCUT2D eigenvalue weighted by atomic mass is 79.9. The Morgan fingerprint density at radius 2 is 1.13 bits per heavy atom. The van der Waals surface area contributed by atoms with E-state index in [9.17, 15) is 0 Å². The van der Waals surface area contributed by atoms with Crippen molar-refractivity contribution in [2.24, 2.45) is 17.8 Å². The molecule has 0 spiro atoms. The number of halogens is 1. The van der Waals surface area contributed by atoms with Crippen LogP contribution in [-0.4, -0.2) is 22.7 Å². The van der Waals surface area contributed by atoms with Gasteiger partial charge in [-0.2, -0.15) is 5.06 Å². The zero-order valence-electron chi connectivity index (χ0n) is 21.4. The molecule has 4 aliphatic rings.